The number of hydrogen-bond acceptors (Lipinski definition) is 5. The molecule has 0 aliphatic carbocycles. The van der Waals surface area contributed by atoms with Crippen LogP contribution in [0.2, 0.25) is 0 Å². The van der Waals surface area contributed by atoms with E-state index in [1.807, 2.05) is 60.7 Å². The third kappa shape index (κ3) is 4.82. The zero-order chi connectivity index (χ0) is 19.9. The Kier molecular flexibility index (Phi) is 6.90. The molecule has 4 nitrogen and oxygen atoms in total. The number of likely N-dealkylation sites (N-methyl/N-ethyl adjacent to an activating group) is 1. The number of carbonyl (C=O) groups is 1. The Bertz CT molecular complexity index is 924. The maximum absolute atomic E-state index is 12.2. The number of benzene rings is 2. The van der Waals surface area contributed by atoms with E-state index in [0.29, 0.717) is 28.2 Å². The highest BCUT2D eigenvalue weighted by Crippen LogP contribution is 2.33. The van der Waals surface area contributed by atoms with Crippen LogP contribution in [0.1, 0.15) is 11.1 Å². The van der Waals surface area contributed by atoms with E-state index in [0.717, 1.165) is 23.3 Å². The number of carbonyl (C=O) groups excluding carboxylic acids is 1. The summed E-state index contributed by atoms with van der Waals surface area (Å²) < 4.78 is 12.3. The number of thioether (sulfide) groups is 1. The Hall–Kier alpha value is -2.57. The van der Waals surface area contributed by atoms with Gasteiger partial charge in [0.2, 0.25) is 0 Å². The predicted octanol–water partition coefficient (Wildman–Crippen LogP) is 4.70. The molecule has 0 atom stereocenters. The zero-order valence-corrected chi connectivity index (χ0v) is 17.2. The molecule has 2 aromatic carbocycles. The second-order valence-corrected chi connectivity index (χ2v) is 7.75. The van der Waals surface area contributed by atoms with E-state index >= 15 is 0 Å². The van der Waals surface area contributed by atoms with Gasteiger partial charge in [-0.1, -0.05) is 66.5 Å². The molecule has 3 rings (SSSR count). The first-order valence-electron chi connectivity index (χ1n) is 8.85. The van der Waals surface area contributed by atoms with Crippen LogP contribution < -0.4 is 9.47 Å². The molecule has 1 heterocycles. The standard InChI is InChI=1S/C22H21NO3S2/c1-3-8-16-9-4-6-11-18(16)25-13-14-26-19-12-7-5-10-17(19)15-20-21(24)23(2)22(27)28-20/h3-7,9-12,15H,1,8,13-14H2,2H3/b20-15+. The maximum atomic E-state index is 12.2. The Balaban J connectivity index is 1.63. The number of thiocarbonyl (C=S) groups is 1. The van der Waals surface area contributed by atoms with Gasteiger partial charge >= 0.3 is 0 Å². The molecule has 0 aromatic heterocycles. The molecule has 0 saturated carbocycles. The molecule has 2 aromatic rings. The van der Waals surface area contributed by atoms with Gasteiger partial charge in [-0.15, -0.1) is 6.58 Å². The second kappa shape index (κ2) is 9.57. The van der Waals surface area contributed by atoms with Crippen LogP contribution >= 0.6 is 24.0 Å². The van der Waals surface area contributed by atoms with Crippen LogP contribution in [0.4, 0.5) is 0 Å². The normalized spacial score (nSPS) is 15.2. The monoisotopic (exact) mass is 411 g/mol. The Morgan fingerprint density at radius 2 is 1.71 bits per heavy atom. The Morgan fingerprint density at radius 1 is 1.07 bits per heavy atom. The highest BCUT2D eigenvalue weighted by molar-refractivity contribution is 8.26. The van der Waals surface area contributed by atoms with Gasteiger partial charge < -0.3 is 9.47 Å². The Labute approximate surface area is 174 Å². The van der Waals surface area contributed by atoms with E-state index in [-0.39, 0.29) is 5.91 Å². The van der Waals surface area contributed by atoms with Crippen LogP contribution in [-0.4, -0.2) is 35.4 Å². The van der Waals surface area contributed by atoms with Gasteiger partial charge in [-0.2, -0.15) is 0 Å². The minimum Gasteiger partial charge on any atom is -0.490 e. The molecular weight excluding hydrogens is 390 g/mol. The van der Waals surface area contributed by atoms with Crippen molar-refractivity contribution in [3.05, 3.63) is 77.2 Å². The lowest BCUT2D eigenvalue weighted by atomic mass is 10.1. The lowest BCUT2D eigenvalue weighted by molar-refractivity contribution is -0.121. The largest absolute Gasteiger partial charge is 0.490 e. The summed E-state index contributed by atoms with van der Waals surface area (Å²) in [5.74, 6) is 1.45. The molecule has 1 aliphatic rings. The van der Waals surface area contributed by atoms with Crippen molar-refractivity contribution in [2.24, 2.45) is 0 Å². The fraction of sp³-hybridized carbons (Fsp3) is 0.182. The quantitative estimate of drug-likeness (QED) is 0.272. The summed E-state index contributed by atoms with van der Waals surface area (Å²) in [6.07, 6.45) is 4.43. The molecule has 0 bridgehead atoms. The molecule has 1 amide bonds. The second-order valence-electron chi connectivity index (χ2n) is 6.08. The first-order chi connectivity index (χ1) is 13.6. The molecule has 0 N–H and O–H groups in total. The third-order valence-electron chi connectivity index (χ3n) is 4.13. The summed E-state index contributed by atoms with van der Waals surface area (Å²) >= 11 is 6.48. The predicted molar refractivity (Wildman–Crippen MR) is 119 cm³/mol. The molecule has 0 unspecified atom stereocenters. The van der Waals surface area contributed by atoms with E-state index in [2.05, 4.69) is 6.58 Å². The average Bonchev–Trinajstić information content (AvgIpc) is 2.94. The number of nitrogens with zero attached hydrogens (tertiary/aromatic N) is 1. The minimum atomic E-state index is -0.0908. The maximum Gasteiger partial charge on any atom is 0.265 e. The molecule has 1 aliphatic heterocycles. The number of rotatable bonds is 8. The number of hydrogen-bond donors (Lipinski definition) is 0. The van der Waals surface area contributed by atoms with Gasteiger partial charge in [-0.3, -0.25) is 9.69 Å². The molecule has 6 heteroatoms. The highest BCUT2D eigenvalue weighted by atomic mass is 32.2. The molecule has 28 heavy (non-hydrogen) atoms. The first-order valence-corrected chi connectivity index (χ1v) is 10.1. The van der Waals surface area contributed by atoms with Crippen molar-refractivity contribution in [1.29, 1.82) is 0 Å². The van der Waals surface area contributed by atoms with Crippen molar-refractivity contribution in [3.8, 4) is 11.5 Å². The zero-order valence-electron chi connectivity index (χ0n) is 15.6. The van der Waals surface area contributed by atoms with E-state index in [4.69, 9.17) is 21.7 Å². The summed E-state index contributed by atoms with van der Waals surface area (Å²) in [4.78, 5) is 14.3. The smallest absolute Gasteiger partial charge is 0.265 e. The number of amides is 1. The van der Waals surface area contributed by atoms with Crippen LogP contribution in [0, 0.1) is 0 Å². The highest BCUT2D eigenvalue weighted by Gasteiger charge is 2.28. The van der Waals surface area contributed by atoms with Gasteiger partial charge in [0.15, 0.2) is 0 Å². The first kappa shape index (κ1) is 20.2. The lowest BCUT2D eigenvalue weighted by Gasteiger charge is -2.12. The van der Waals surface area contributed by atoms with Crippen molar-refractivity contribution in [2.75, 3.05) is 20.3 Å². The van der Waals surface area contributed by atoms with Crippen molar-refractivity contribution in [2.45, 2.75) is 6.42 Å². The number of ether oxygens (including phenoxy) is 2. The SMILES string of the molecule is C=CCc1ccccc1OCCOc1ccccc1/C=C1/SC(=S)N(C)C1=O. The summed E-state index contributed by atoms with van der Waals surface area (Å²) in [6.45, 7) is 4.58. The topological polar surface area (TPSA) is 38.8 Å². The van der Waals surface area contributed by atoms with Gasteiger partial charge in [0.05, 0.1) is 4.91 Å². The van der Waals surface area contributed by atoms with Gasteiger partial charge in [-0.25, -0.2) is 0 Å². The van der Waals surface area contributed by atoms with Crippen LogP contribution in [0.5, 0.6) is 11.5 Å². The minimum absolute atomic E-state index is 0.0908. The summed E-state index contributed by atoms with van der Waals surface area (Å²) in [6, 6.07) is 15.5. The van der Waals surface area contributed by atoms with Crippen LogP contribution in [0.3, 0.4) is 0 Å². The molecule has 0 spiro atoms. The molecule has 0 radical (unpaired) electrons. The van der Waals surface area contributed by atoms with Crippen LogP contribution in [-0.2, 0) is 11.2 Å². The van der Waals surface area contributed by atoms with Crippen molar-refractivity contribution >= 4 is 40.3 Å². The van der Waals surface area contributed by atoms with Gasteiger partial charge in [0.1, 0.15) is 29.0 Å². The van der Waals surface area contributed by atoms with E-state index in [9.17, 15) is 4.79 Å². The Morgan fingerprint density at radius 3 is 2.39 bits per heavy atom. The fourth-order valence-corrected chi connectivity index (χ4v) is 3.86. The lowest BCUT2D eigenvalue weighted by Crippen LogP contribution is -2.22. The van der Waals surface area contributed by atoms with Crippen molar-refractivity contribution in [3.63, 3.8) is 0 Å². The molecule has 1 saturated heterocycles. The molecular formula is C22H21NO3S2. The third-order valence-corrected chi connectivity index (χ3v) is 5.61. The van der Waals surface area contributed by atoms with E-state index in [1.165, 1.54) is 16.7 Å². The van der Waals surface area contributed by atoms with E-state index < -0.39 is 0 Å². The summed E-state index contributed by atoms with van der Waals surface area (Å²) in [7, 11) is 1.68. The van der Waals surface area contributed by atoms with Crippen molar-refractivity contribution < 1.29 is 14.3 Å². The average molecular weight is 412 g/mol. The molecule has 144 valence electrons. The van der Waals surface area contributed by atoms with Crippen LogP contribution in [0.25, 0.3) is 6.08 Å². The number of para-hydroxylation sites is 2. The van der Waals surface area contributed by atoms with Crippen molar-refractivity contribution in [1.82, 2.24) is 4.90 Å². The van der Waals surface area contributed by atoms with E-state index in [1.54, 1.807) is 7.05 Å². The van der Waals surface area contributed by atoms with Crippen LogP contribution in [0.15, 0.2) is 66.1 Å². The van der Waals surface area contributed by atoms with Gasteiger partial charge in [-0.05, 0) is 30.2 Å². The summed E-state index contributed by atoms with van der Waals surface area (Å²) in [5.41, 5.74) is 1.93. The number of allylic oxidation sites excluding steroid dienone is 1. The van der Waals surface area contributed by atoms with Gasteiger partial charge in [0, 0.05) is 12.6 Å². The summed E-state index contributed by atoms with van der Waals surface area (Å²) in [5, 5.41) is 0. The molecule has 1 fully saturated rings. The fourth-order valence-electron chi connectivity index (χ4n) is 2.69. The van der Waals surface area contributed by atoms with Gasteiger partial charge in [0.25, 0.3) is 5.91 Å².